The van der Waals surface area contributed by atoms with Gasteiger partial charge < -0.3 is 15.5 Å². The SMILES string of the molecule is CCNC(=O)CN(C)c1ccc(CNC(C)(C)C)c(Cl)c1. The molecule has 1 aromatic rings. The number of rotatable bonds is 6. The van der Waals surface area contributed by atoms with Gasteiger partial charge in [0, 0.05) is 36.4 Å². The lowest BCUT2D eigenvalue weighted by atomic mass is 10.1. The average molecular weight is 312 g/mol. The van der Waals surface area contributed by atoms with E-state index in [-0.39, 0.29) is 11.4 Å². The number of nitrogens with zero attached hydrogens (tertiary/aromatic N) is 1. The van der Waals surface area contributed by atoms with Gasteiger partial charge in [0.15, 0.2) is 0 Å². The zero-order valence-corrected chi connectivity index (χ0v) is 14.3. The number of hydrogen-bond donors (Lipinski definition) is 2. The van der Waals surface area contributed by atoms with Crippen molar-refractivity contribution in [3.8, 4) is 0 Å². The van der Waals surface area contributed by atoms with Gasteiger partial charge in [-0.15, -0.1) is 0 Å². The van der Waals surface area contributed by atoms with Crippen LogP contribution in [0.15, 0.2) is 18.2 Å². The molecule has 5 heteroatoms. The summed E-state index contributed by atoms with van der Waals surface area (Å²) in [6, 6.07) is 5.90. The van der Waals surface area contributed by atoms with Crippen molar-refractivity contribution in [2.24, 2.45) is 0 Å². The Morgan fingerprint density at radius 1 is 1.33 bits per heavy atom. The van der Waals surface area contributed by atoms with Crippen LogP contribution in [0.4, 0.5) is 5.69 Å². The molecule has 0 fully saturated rings. The van der Waals surface area contributed by atoms with Crippen molar-refractivity contribution >= 4 is 23.2 Å². The zero-order chi connectivity index (χ0) is 16.0. The van der Waals surface area contributed by atoms with E-state index in [4.69, 9.17) is 11.6 Å². The third-order valence-corrected chi connectivity index (χ3v) is 3.39. The van der Waals surface area contributed by atoms with Crippen LogP contribution in [0, 0.1) is 0 Å². The van der Waals surface area contributed by atoms with Gasteiger partial charge >= 0.3 is 0 Å². The normalized spacial score (nSPS) is 11.3. The van der Waals surface area contributed by atoms with Crippen LogP contribution in [-0.4, -0.2) is 31.6 Å². The quantitative estimate of drug-likeness (QED) is 0.849. The molecule has 0 heterocycles. The van der Waals surface area contributed by atoms with Gasteiger partial charge in [-0.3, -0.25) is 4.79 Å². The Hall–Kier alpha value is -1.26. The minimum absolute atomic E-state index is 0.00889. The molecular weight excluding hydrogens is 286 g/mol. The summed E-state index contributed by atoms with van der Waals surface area (Å²) in [5, 5.41) is 6.91. The Labute approximate surface area is 132 Å². The molecule has 0 saturated heterocycles. The number of halogens is 1. The van der Waals surface area contributed by atoms with E-state index in [0.29, 0.717) is 18.1 Å². The number of nitrogens with one attached hydrogen (secondary N) is 2. The zero-order valence-electron chi connectivity index (χ0n) is 13.6. The van der Waals surface area contributed by atoms with Crippen molar-refractivity contribution in [3.63, 3.8) is 0 Å². The summed E-state index contributed by atoms with van der Waals surface area (Å²) in [4.78, 5) is 13.5. The first-order chi connectivity index (χ1) is 9.73. The summed E-state index contributed by atoms with van der Waals surface area (Å²) in [5.74, 6) is 0.00889. The molecule has 1 amide bonds. The maximum absolute atomic E-state index is 11.6. The number of carbonyl (C=O) groups is 1. The first kappa shape index (κ1) is 17.8. The number of benzene rings is 1. The van der Waals surface area contributed by atoms with E-state index in [1.807, 2.05) is 37.1 Å². The van der Waals surface area contributed by atoms with Crippen LogP contribution >= 0.6 is 11.6 Å². The van der Waals surface area contributed by atoms with Crippen molar-refractivity contribution in [1.82, 2.24) is 10.6 Å². The summed E-state index contributed by atoms with van der Waals surface area (Å²) in [6.07, 6.45) is 0. The van der Waals surface area contributed by atoms with Gasteiger partial charge in [0.25, 0.3) is 0 Å². The molecule has 0 bridgehead atoms. The molecule has 0 atom stereocenters. The van der Waals surface area contributed by atoms with E-state index in [2.05, 4.69) is 31.4 Å². The van der Waals surface area contributed by atoms with E-state index in [9.17, 15) is 4.79 Å². The highest BCUT2D eigenvalue weighted by Crippen LogP contribution is 2.23. The summed E-state index contributed by atoms with van der Waals surface area (Å²) in [5.41, 5.74) is 2.05. The fourth-order valence-electron chi connectivity index (χ4n) is 1.84. The second-order valence-electron chi connectivity index (χ2n) is 6.19. The number of carbonyl (C=O) groups excluding carboxylic acids is 1. The topological polar surface area (TPSA) is 44.4 Å². The predicted molar refractivity (Wildman–Crippen MR) is 90.0 cm³/mol. The van der Waals surface area contributed by atoms with Crippen LogP contribution in [0.3, 0.4) is 0 Å². The van der Waals surface area contributed by atoms with Crippen molar-refractivity contribution < 1.29 is 4.79 Å². The number of amides is 1. The molecule has 0 aliphatic rings. The molecule has 118 valence electrons. The summed E-state index contributed by atoms with van der Waals surface area (Å²) < 4.78 is 0. The molecule has 2 N–H and O–H groups in total. The summed E-state index contributed by atoms with van der Waals surface area (Å²) in [7, 11) is 1.88. The summed E-state index contributed by atoms with van der Waals surface area (Å²) in [6.45, 7) is 9.96. The second-order valence-corrected chi connectivity index (χ2v) is 6.60. The maximum Gasteiger partial charge on any atom is 0.239 e. The second kappa shape index (κ2) is 7.66. The Balaban J connectivity index is 2.70. The number of hydrogen-bond acceptors (Lipinski definition) is 3. The van der Waals surface area contributed by atoms with Crippen molar-refractivity contribution in [2.45, 2.75) is 39.8 Å². The molecule has 1 rings (SSSR count). The van der Waals surface area contributed by atoms with Gasteiger partial charge in [-0.25, -0.2) is 0 Å². The third-order valence-electron chi connectivity index (χ3n) is 3.04. The highest BCUT2D eigenvalue weighted by atomic mass is 35.5. The van der Waals surface area contributed by atoms with Crippen LogP contribution in [0.2, 0.25) is 5.02 Å². The predicted octanol–water partition coefficient (Wildman–Crippen LogP) is 2.80. The van der Waals surface area contributed by atoms with E-state index in [0.717, 1.165) is 17.8 Å². The number of likely N-dealkylation sites (N-methyl/N-ethyl adjacent to an activating group) is 2. The molecule has 0 aliphatic carbocycles. The Morgan fingerprint density at radius 3 is 2.52 bits per heavy atom. The van der Waals surface area contributed by atoms with Gasteiger partial charge in [-0.2, -0.15) is 0 Å². The highest BCUT2D eigenvalue weighted by Gasteiger charge is 2.12. The fraction of sp³-hybridized carbons (Fsp3) is 0.562. The van der Waals surface area contributed by atoms with Crippen LogP contribution in [0.5, 0.6) is 0 Å². The Bertz CT molecular complexity index is 483. The molecule has 0 aromatic heterocycles. The minimum atomic E-state index is 0.00889. The van der Waals surface area contributed by atoms with Crippen LogP contribution < -0.4 is 15.5 Å². The van der Waals surface area contributed by atoms with Gasteiger partial charge in [-0.1, -0.05) is 17.7 Å². The van der Waals surface area contributed by atoms with Crippen molar-refractivity contribution in [2.75, 3.05) is 25.0 Å². The molecule has 21 heavy (non-hydrogen) atoms. The van der Waals surface area contributed by atoms with Crippen LogP contribution in [0.1, 0.15) is 33.3 Å². The first-order valence-corrected chi connectivity index (χ1v) is 7.62. The lowest BCUT2D eigenvalue weighted by Crippen LogP contribution is -2.35. The van der Waals surface area contributed by atoms with Gasteiger partial charge in [-0.05, 0) is 45.4 Å². The molecule has 1 aromatic carbocycles. The smallest absolute Gasteiger partial charge is 0.239 e. The Kier molecular flexibility index (Phi) is 6.49. The molecular formula is C16H26ClN3O. The maximum atomic E-state index is 11.6. The fourth-order valence-corrected chi connectivity index (χ4v) is 2.08. The minimum Gasteiger partial charge on any atom is -0.365 e. The van der Waals surface area contributed by atoms with Crippen molar-refractivity contribution in [3.05, 3.63) is 28.8 Å². The van der Waals surface area contributed by atoms with E-state index in [1.54, 1.807) is 0 Å². The molecule has 0 saturated carbocycles. The largest absolute Gasteiger partial charge is 0.365 e. The molecule has 0 aliphatic heterocycles. The molecule has 4 nitrogen and oxygen atoms in total. The van der Waals surface area contributed by atoms with Gasteiger partial charge in [0.2, 0.25) is 5.91 Å². The van der Waals surface area contributed by atoms with Crippen molar-refractivity contribution in [1.29, 1.82) is 0 Å². The molecule has 0 unspecified atom stereocenters. The van der Waals surface area contributed by atoms with Crippen LogP contribution in [0.25, 0.3) is 0 Å². The third kappa shape index (κ3) is 6.36. The lowest BCUT2D eigenvalue weighted by Gasteiger charge is -2.22. The van der Waals surface area contributed by atoms with Gasteiger partial charge in [0.05, 0.1) is 6.54 Å². The van der Waals surface area contributed by atoms with Gasteiger partial charge in [0.1, 0.15) is 0 Å². The average Bonchev–Trinajstić information content (AvgIpc) is 2.36. The van der Waals surface area contributed by atoms with Crippen LogP contribution in [-0.2, 0) is 11.3 Å². The molecule has 0 radical (unpaired) electrons. The number of anilines is 1. The highest BCUT2D eigenvalue weighted by molar-refractivity contribution is 6.31. The van der Waals surface area contributed by atoms with E-state index >= 15 is 0 Å². The first-order valence-electron chi connectivity index (χ1n) is 7.24. The lowest BCUT2D eigenvalue weighted by molar-refractivity contribution is -0.119. The standard InChI is InChI=1S/C16H26ClN3O/c1-6-18-15(21)11-20(5)13-8-7-12(14(17)9-13)10-19-16(2,3)4/h7-9,19H,6,10-11H2,1-5H3,(H,18,21). The monoisotopic (exact) mass is 311 g/mol. The van der Waals surface area contributed by atoms with E-state index in [1.165, 1.54) is 0 Å². The van der Waals surface area contributed by atoms with E-state index < -0.39 is 0 Å². The Morgan fingerprint density at radius 2 is 2.00 bits per heavy atom. The summed E-state index contributed by atoms with van der Waals surface area (Å²) >= 11 is 6.33. The molecule has 0 spiro atoms.